The van der Waals surface area contributed by atoms with Crippen molar-refractivity contribution >= 4 is 27.5 Å². The van der Waals surface area contributed by atoms with Gasteiger partial charge in [-0.25, -0.2) is 4.39 Å². The fourth-order valence-electron chi connectivity index (χ4n) is 1.90. The third kappa shape index (κ3) is 2.72. The molecule has 0 radical (unpaired) electrons. The van der Waals surface area contributed by atoms with Gasteiger partial charge in [0.05, 0.1) is 7.11 Å². The van der Waals surface area contributed by atoms with Crippen LogP contribution in [-0.2, 0) is 4.74 Å². The highest BCUT2D eigenvalue weighted by atomic mass is 79.9. The maximum Gasteiger partial charge on any atom is 0.129 e. The summed E-state index contributed by atoms with van der Waals surface area (Å²) in [7, 11) is 1.60. The predicted octanol–water partition coefficient (Wildman–Crippen LogP) is 4.82. The zero-order chi connectivity index (χ0) is 12.4. The number of allylic oxidation sites excluding steroid dienone is 3. The van der Waals surface area contributed by atoms with Crippen molar-refractivity contribution in [1.29, 1.82) is 0 Å². The zero-order valence-electron chi connectivity index (χ0n) is 9.21. The summed E-state index contributed by atoms with van der Waals surface area (Å²) in [6.45, 7) is 0. The largest absolute Gasteiger partial charge is 0.497 e. The van der Waals surface area contributed by atoms with Crippen LogP contribution in [0.5, 0.6) is 0 Å². The van der Waals surface area contributed by atoms with Crippen molar-refractivity contribution in [2.24, 2.45) is 0 Å². The summed E-state index contributed by atoms with van der Waals surface area (Å²) in [6, 6.07) is 3.04. The van der Waals surface area contributed by atoms with Crippen molar-refractivity contribution in [2.45, 2.75) is 12.3 Å². The molecule has 0 amide bonds. The molecular weight excluding hydrogens is 306 g/mol. The Bertz CT molecular complexity index is 473. The lowest BCUT2D eigenvalue weighted by atomic mass is 9.91. The Hall–Kier alpha value is -0.800. The lowest BCUT2D eigenvalue weighted by molar-refractivity contribution is 0.302. The molecule has 0 fully saturated rings. The van der Waals surface area contributed by atoms with Crippen molar-refractivity contribution in [3.63, 3.8) is 0 Å². The van der Waals surface area contributed by atoms with E-state index in [4.69, 9.17) is 16.3 Å². The van der Waals surface area contributed by atoms with E-state index in [1.54, 1.807) is 13.2 Å². The SMILES string of the molecule is COC1=CC(c2c(F)cc(Cl)cc2Br)CC=C1. The number of hydrogen-bond donors (Lipinski definition) is 0. The molecule has 1 aromatic rings. The Labute approximate surface area is 113 Å². The van der Waals surface area contributed by atoms with Gasteiger partial charge in [-0.05, 0) is 30.7 Å². The van der Waals surface area contributed by atoms with E-state index in [2.05, 4.69) is 15.9 Å². The molecule has 0 aromatic heterocycles. The van der Waals surface area contributed by atoms with Crippen LogP contribution in [0.3, 0.4) is 0 Å². The van der Waals surface area contributed by atoms with Gasteiger partial charge >= 0.3 is 0 Å². The molecular formula is C13H11BrClFO. The van der Waals surface area contributed by atoms with Gasteiger partial charge in [-0.15, -0.1) is 0 Å². The van der Waals surface area contributed by atoms with Crippen LogP contribution in [0.15, 0.2) is 40.6 Å². The number of hydrogen-bond acceptors (Lipinski definition) is 1. The molecule has 90 valence electrons. The Kier molecular flexibility index (Phi) is 3.89. The molecule has 0 spiro atoms. The van der Waals surface area contributed by atoms with E-state index in [0.717, 1.165) is 12.2 Å². The molecule has 1 unspecified atom stereocenters. The van der Waals surface area contributed by atoms with Crippen LogP contribution in [-0.4, -0.2) is 7.11 Å². The van der Waals surface area contributed by atoms with Crippen LogP contribution < -0.4 is 0 Å². The average Bonchev–Trinajstić information content (AvgIpc) is 2.28. The lowest BCUT2D eigenvalue weighted by Crippen LogP contribution is -2.04. The molecule has 1 nitrogen and oxygen atoms in total. The van der Waals surface area contributed by atoms with Crippen molar-refractivity contribution in [3.8, 4) is 0 Å². The van der Waals surface area contributed by atoms with E-state index in [9.17, 15) is 4.39 Å². The van der Waals surface area contributed by atoms with Gasteiger partial charge in [-0.1, -0.05) is 33.6 Å². The van der Waals surface area contributed by atoms with Crippen LogP contribution in [0.4, 0.5) is 4.39 Å². The Balaban J connectivity index is 2.42. The second-order valence-corrected chi connectivity index (χ2v) is 5.09. The summed E-state index contributed by atoms with van der Waals surface area (Å²) < 4.78 is 19.8. The van der Waals surface area contributed by atoms with E-state index in [1.807, 2.05) is 18.2 Å². The monoisotopic (exact) mass is 316 g/mol. The quantitative estimate of drug-likeness (QED) is 0.760. The molecule has 0 saturated carbocycles. The fraction of sp³-hybridized carbons (Fsp3) is 0.231. The summed E-state index contributed by atoms with van der Waals surface area (Å²) in [4.78, 5) is 0. The molecule has 2 rings (SSSR count). The molecule has 1 aliphatic rings. The van der Waals surface area contributed by atoms with E-state index in [0.29, 0.717) is 15.1 Å². The minimum absolute atomic E-state index is 0.0263. The number of rotatable bonds is 2. The predicted molar refractivity (Wildman–Crippen MR) is 70.7 cm³/mol. The second-order valence-electron chi connectivity index (χ2n) is 3.80. The summed E-state index contributed by atoms with van der Waals surface area (Å²) in [6.07, 6.45) is 6.53. The minimum Gasteiger partial charge on any atom is -0.497 e. The molecule has 4 heteroatoms. The third-order valence-corrected chi connectivity index (χ3v) is 3.56. The number of methoxy groups -OCH3 is 1. The first-order chi connectivity index (χ1) is 8.11. The molecule has 0 heterocycles. The van der Waals surface area contributed by atoms with Crippen LogP contribution in [0, 0.1) is 5.82 Å². The Morgan fingerprint density at radius 1 is 1.47 bits per heavy atom. The third-order valence-electron chi connectivity index (χ3n) is 2.69. The van der Waals surface area contributed by atoms with E-state index < -0.39 is 0 Å². The van der Waals surface area contributed by atoms with Gasteiger partial charge in [-0.2, -0.15) is 0 Å². The zero-order valence-corrected chi connectivity index (χ0v) is 11.6. The number of halogens is 3. The normalized spacial score (nSPS) is 19.1. The Morgan fingerprint density at radius 2 is 2.24 bits per heavy atom. The molecule has 0 bridgehead atoms. The van der Waals surface area contributed by atoms with E-state index >= 15 is 0 Å². The maximum atomic E-state index is 13.9. The maximum absolute atomic E-state index is 13.9. The second kappa shape index (κ2) is 5.23. The fourth-order valence-corrected chi connectivity index (χ4v) is 2.96. The summed E-state index contributed by atoms with van der Waals surface area (Å²) in [5, 5.41) is 0.389. The molecule has 1 aliphatic carbocycles. The molecule has 17 heavy (non-hydrogen) atoms. The number of ether oxygens (including phenoxy) is 1. The average molecular weight is 318 g/mol. The van der Waals surface area contributed by atoms with Gasteiger partial charge in [0, 0.05) is 21.0 Å². The standard InChI is InChI=1S/C13H11BrClFO/c1-17-10-4-2-3-8(5-10)13-11(14)6-9(15)7-12(13)16/h2,4-8H,3H2,1H3. The van der Waals surface area contributed by atoms with Crippen LogP contribution >= 0.6 is 27.5 Å². The summed E-state index contributed by atoms with van der Waals surface area (Å²) >= 11 is 9.15. The number of benzene rings is 1. The van der Waals surface area contributed by atoms with Crippen LogP contribution in [0.25, 0.3) is 0 Å². The van der Waals surface area contributed by atoms with Gasteiger partial charge in [-0.3, -0.25) is 0 Å². The van der Waals surface area contributed by atoms with Crippen molar-refractivity contribution < 1.29 is 9.13 Å². The van der Waals surface area contributed by atoms with E-state index in [-0.39, 0.29) is 11.7 Å². The first-order valence-corrected chi connectivity index (χ1v) is 6.35. The van der Waals surface area contributed by atoms with Gasteiger partial charge in [0.15, 0.2) is 0 Å². The molecule has 0 saturated heterocycles. The van der Waals surface area contributed by atoms with Crippen molar-refractivity contribution in [3.05, 3.63) is 57.0 Å². The topological polar surface area (TPSA) is 9.23 Å². The van der Waals surface area contributed by atoms with Gasteiger partial charge < -0.3 is 4.74 Å². The van der Waals surface area contributed by atoms with E-state index in [1.165, 1.54) is 6.07 Å². The van der Waals surface area contributed by atoms with Gasteiger partial charge in [0.2, 0.25) is 0 Å². The first-order valence-electron chi connectivity index (χ1n) is 5.18. The highest BCUT2D eigenvalue weighted by Gasteiger charge is 2.19. The smallest absolute Gasteiger partial charge is 0.129 e. The summed E-state index contributed by atoms with van der Waals surface area (Å²) in [5.41, 5.74) is 0.619. The molecule has 0 aliphatic heterocycles. The lowest BCUT2D eigenvalue weighted by Gasteiger charge is -2.18. The van der Waals surface area contributed by atoms with Crippen LogP contribution in [0.2, 0.25) is 5.02 Å². The summed E-state index contributed by atoms with van der Waals surface area (Å²) in [5.74, 6) is 0.431. The first kappa shape index (κ1) is 12.7. The van der Waals surface area contributed by atoms with Crippen molar-refractivity contribution in [2.75, 3.05) is 7.11 Å². The highest BCUT2D eigenvalue weighted by molar-refractivity contribution is 9.10. The molecule has 1 atom stereocenters. The van der Waals surface area contributed by atoms with Gasteiger partial charge in [0.1, 0.15) is 11.6 Å². The molecule has 1 aromatic carbocycles. The van der Waals surface area contributed by atoms with Gasteiger partial charge in [0.25, 0.3) is 0 Å². The highest BCUT2D eigenvalue weighted by Crippen LogP contribution is 2.35. The van der Waals surface area contributed by atoms with Crippen molar-refractivity contribution in [1.82, 2.24) is 0 Å². The Morgan fingerprint density at radius 3 is 2.88 bits per heavy atom. The van der Waals surface area contributed by atoms with Crippen LogP contribution in [0.1, 0.15) is 17.9 Å². The minimum atomic E-state index is -0.295. The molecule has 0 N–H and O–H groups in total.